The van der Waals surface area contributed by atoms with Gasteiger partial charge in [-0.15, -0.1) is 0 Å². The number of hydrogen-bond donors (Lipinski definition) is 1. The van der Waals surface area contributed by atoms with Crippen molar-refractivity contribution < 1.29 is 24.2 Å². The van der Waals surface area contributed by atoms with E-state index in [0.29, 0.717) is 54.7 Å². The second-order valence-corrected chi connectivity index (χ2v) is 7.27. The number of benzene rings is 1. The van der Waals surface area contributed by atoms with Crippen LogP contribution in [-0.2, 0) is 9.53 Å². The molecule has 2 aromatic rings. The van der Waals surface area contributed by atoms with Gasteiger partial charge in [0.05, 0.1) is 25.7 Å². The molecule has 0 radical (unpaired) electrons. The number of aromatic nitrogens is 1. The monoisotopic (exact) mass is 413 g/mol. The molecule has 1 aromatic heterocycles. The first-order chi connectivity index (χ1) is 14.5. The molecule has 0 bridgehead atoms. The number of aryl methyl sites for hydroxylation is 2. The van der Waals surface area contributed by atoms with Gasteiger partial charge in [-0.3, -0.25) is 4.79 Å². The number of carbonyl (C=O) groups is 1. The maximum absolute atomic E-state index is 11.8. The average Bonchev–Trinajstić information content (AvgIpc) is 2.76. The number of ether oxygens (including phenoxy) is 3. The number of piperidine rings is 1. The van der Waals surface area contributed by atoms with Crippen LogP contribution >= 0.6 is 0 Å². The summed E-state index contributed by atoms with van der Waals surface area (Å²) in [4.78, 5) is 18.2. The van der Waals surface area contributed by atoms with Crippen molar-refractivity contribution in [3.05, 3.63) is 47.2 Å². The lowest BCUT2D eigenvalue weighted by molar-refractivity contribution is -0.146. The van der Waals surface area contributed by atoms with Crippen molar-refractivity contribution in [1.29, 1.82) is 0 Å². The van der Waals surface area contributed by atoms with Crippen molar-refractivity contribution in [3.63, 3.8) is 0 Å². The largest absolute Gasteiger partial charge is 0.493 e. The van der Waals surface area contributed by atoms with Gasteiger partial charge in [0.1, 0.15) is 0 Å². The Labute approximate surface area is 176 Å². The molecule has 2 heterocycles. The lowest BCUT2D eigenvalue weighted by atomic mass is 9.96. The van der Waals surface area contributed by atoms with E-state index in [4.69, 9.17) is 14.2 Å². The number of likely N-dealkylation sites (tertiary alicyclic amines) is 1. The van der Waals surface area contributed by atoms with Crippen LogP contribution in [0.3, 0.4) is 0 Å². The summed E-state index contributed by atoms with van der Waals surface area (Å²) >= 11 is 0. The van der Waals surface area contributed by atoms with Gasteiger partial charge in [0.15, 0.2) is 17.3 Å². The fraction of sp³-hybridized carbons (Fsp3) is 0.409. The number of amidine groups is 1. The molecule has 0 unspecified atom stereocenters. The Hall–Kier alpha value is -3.29. The van der Waals surface area contributed by atoms with E-state index in [1.54, 1.807) is 7.11 Å². The van der Waals surface area contributed by atoms with E-state index in [-0.39, 0.29) is 11.9 Å². The molecule has 8 nitrogen and oxygen atoms in total. The van der Waals surface area contributed by atoms with Gasteiger partial charge in [0.25, 0.3) is 0 Å². The highest BCUT2D eigenvalue weighted by Gasteiger charge is 2.29. The first-order valence-corrected chi connectivity index (χ1v) is 9.82. The standard InChI is InChI=1S/C22H27N3O5/c1-14-5-8-18(19(13-14)28-3)30-21-17(7-6-15(2)23-21)20(24-27)25-11-9-16(10-12-25)22(26)29-4/h5-8,13,16,27H,9-12H2,1-4H3/b24-20-. The summed E-state index contributed by atoms with van der Waals surface area (Å²) in [5.41, 5.74) is 2.37. The maximum Gasteiger partial charge on any atom is 0.308 e. The second-order valence-electron chi connectivity index (χ2n) is 7.27. The number of rotatable bonds is 5. The third-order valence-corrected chi connectivity index (χ3v) is 5.19. The van der Waals surface area contributed by atoms with E-state index in [1.807, 2.05) is 49.1 Å². The predicted molar refractivity (Wildman–Crippen MR) is 111 cm³/mol. The van der Waals surface area contributed by atoms with E-state index >= 15 is 0 Å². The predicted octanol–water partition coefficient (Wildman–Crippen LogP) is 3.52. The number of hydrogen-bond acceptors (Lipinski definition) is 7. The summed E-state index contributed by atoms with van der Waals surface area (Å²) in [6.07, 6.45) is 1.24. The first-order valence-electron chi connectivity index (χ1n) is 9.82. The Bertz CT molecular complexity index is 936. The van der Waals surface area contributed by atoms with Gasteiger partial charge < -0.3 is 24.3 Å². The molecule has 1 N–H and O–H groups in total. The highest BCUT2D eigenvalue weighted by molar-refractivity contribution is 6.00. The highest BCUT2D eigenvalue weighted by Crippen LogP contribution is 2.34. The molecule has 1 aromatic carbocycles. The van der Waals surface area contributed by atoms with Gasteiger partial charge in [-0.05, 0) is 56.5 Å². The summed E-state index contributed by atoms with van der Waals surface area (Å²) in [6, 6.07) is 9.27. The number of pyridine rings is 1. The topological polar surface area (TPSA) is 93.5 Å². The number of carbonyl (C=O) groups excluding carboxylic acids is 1. The van der Waals surface area contributed by atoms with Crippen LogP contribution in [-0.4, -0.2) is 54.2 Å². The Kier molecular flexibility index (Phi) is 6.76. The third kappa shape index (κ3) is 4.64. The summed E-state index contributed by atoms with van der Waals surface area (Å²) < 4.78 is 16.4. The van der Waals surface area contributed by atoms with Crippen molar-refractivity contribution in [2.45, 2.75) is 26.7 Å². The van der Waals surface area contributed by atoms with Gasteiger partial charge >= 0.3 is 5.97 Å². The smallest absolute Gasteiger partial charge is 0.308 e. The van der Waals surface area contributed by atoms with Crippen LogP contribution < -0.4 is 9.47 Å². The van der Waals surface area contributed by atoms with Crippen LogP contribution in [0.25, 0.3) is 0 Å². The summed E-state index contributed by atoms with van der Waals surface area (Å²) in [5, 5.41) is 13.3. The molecule has 0 saturated carbocycles. The fourth-order valence-corrected chi connectivity index (χ4v) is 3.53. The highest BCUT2D eigenvalue weighted by atomic mass is 16.5. The Morgan fingerprint density at radius 3 is 2.50 bits per heavy atom. The van der Waals surface area contributed by atoms with Crippen LogP contribution in [0.2, 0.25) is 0 Å². The molecule has 30 heavy (non-hydrogen) atoms. The number of nitrogens with zero attached hydrogens (tertiary/aromatic N) is 3. The van der Waals surface area contributed by atoms with Gasteiger partial charge in [-0.1, -0.05) is 11.2 Å². The zero-order valence-corrected chi connectivity index (χ0v) is 17.7. The van der Waals surface area contributed by atoms with Gasteiger partial charge in [-0.25, -0.2) is 4.98 Å². The van der Waals surface area contributed by atoms with E-state index in [0.717, 1.165) is 11.3 Å². The van der Waals surface area contributed by atoms with E-state index in [1.165, 1.54) is 7.11 Å². The number of esters is 1. The quantitative estimate of drug-likeness (QED) is 0.263. The van der Waals surface area contributed by atoms with Crippen LogP contribution in [0.5, 0.6) is 17.4 Å². The van der Waals surface area contributed by atoms with Crippen LogP contribution in [0, 0.1) is 19.8 Å². The molecular weight excluding hydrogens is 386 g/mol. The minimum absolute atomic E-state index is 0.144. The molecule has 160 valence electrons. The second kappa shape index (κ2) is 9.47. The molecule has 8 heteroatoms. The molecule has 1 saturated heterocycles. The van der Waals surface area contributed by atoms with Crippen molar-refractivity contribution in [3.8, 4) is 17.4 Å². The van der Waals surface area contributed by atoms with E-state index in [9.17, 15) is 10.0 Å². The zero-order chi connectivity index (χ0) is 21.7. The van der Waals surface area contributed by atoms with E-state index in [2.05, 4.69) is 10.1 Å². The molecule has 1 aliphatic heterocycles. The molecule has 3 rings (SSSR count). The number of methoxy groups -OCH3 is 2. The molecule has 1 fully saturated rings. The average molecular weight is 413 g/mol. The Morgan fingerprint density at radius 1 is 1.13 bits per heavy atom. The van der Waals surface area contributed by atoms with Crippen LogP contribution in [0.1, 0.15) is 29.7 Å². The molecule has 0 spiro atoms. The van der Waals surface area contributed by atoms with Crippen LogP contribution in [0.15, 0.2) is 35.5 Å². The van der Waals surface area contributed by atoms with Crippen molar-refractivity contribution in [2.24, 2.45) is 11.1 Å². The molecule has 0 aliphatic carbocycles. The van der Waals surface area contributed by atoms with Crippen LogP contribution in [0.4, 0.5) is 0 Å². The minimum atomic E-state index is -0.204. The Balaban J connectivity index is 1.88. The zero-order valence-electron chi connectivity index (χ0n) is 17.7. The summed E-state index contributed by atoms with van der Waals surface area (Å²) in [7, 11) is 2.98. The summed E-state index contributed by atoms with van der Waals surface area (Å²) in [6.45, 7) is 4.94. The van der Waals surface area contributed by atoms with Gasteiger partial charge in [0, 0.05) is 18.8 Å². The first kappa shape index (κ1) is 21.4. The molecule has 1 aliphatic rings. The summed E-state index contributed by atoms with van der Waals surface area (Å²) in [5.74, 6) is 1.43. The van der Waals surface area contributed by atoms with Crippen molar-refractivity contribution in [1.82, 2.24) is 9.88 Å². The van der Waals surface area contributed by atoms with Gasteiger partial charge in [-0.2, -0.15) is 0 Å². The third-order valence-electron chi connectivity index (χ3n) is 5.19. The van der Waals surface area contributed by atoms with Crippen molar-refractivity contribution in [2.75, 3.05) is 27.3 Å². The normalized spacial score (nSPS) is 15.1. The molecular formula is C22H27N3O5. The lowest BCUT2D eigenvalue weighted by Gasteiger charge is -2.32. The van der Waals surface area contributed by atoms with Crippen molar-refractivity contribution >= 4 is 11.8 Å². The fourth-order valence-electron chi connectivity index (χ4n) is 3.53. The maximum atomic E-state index is 11.8. The van der Waals surface area contributed by atoms with Gasteiger partial charge in [0.2, 0.25) is 5.88 Å². The van der Waals surface area contributed by atoms with E-state index < -0.39 is 0 Å². The lowest BCUT2D eigenvalue weighted by Crippen LogP contribution is -2.41. The SMILES string of the molecule is COC(=O)C1CCN(/C(=N\O)c2ccc(C)nc2Oc2ccc(C)cc2OC)CC1. The number of oxime groups is 1. The Morgan fingerprint density at radius 2 is 1.87 bits per heavy atom. The molecule has 0 atom stereocenters. The minimum Gasteiger partial charge on any atom is -0.493 e. The molecule has 0 amide bonds.